The Morgan fingerprint density at radius 3 is 2.62 bits per heavy atom. The van der Waals surface area contributed by atoms with Crippen LogP contribution >= 0.6 is 0 Å². The maximum Gasteiger partial charge on any atom is 0.190 e. The minimum Gasteiger partial charge on any atom is -0.456 e. The lowest BCUT2D eigenvalue weighted by Gasteiger charge is -2.06. The average Bonchev–Trinajstić information content (AvgIpc) is 2.32. The second-order valence-corrected chi connectivity index (χ2v) is 3.14. The number of benzene rings is 2. The van der Waals surface area contributed by atoms with Gasteiger partial charge < -0.3 is 4.74 Å². The zero-order valence-corrected chi connectivity index (χ0v) is 8.35. The van der Waals surface area contributed by atoms with Crippen molar-refractivity contribution < 1.29 is 9.13 Å². The average molecular weight is 213 g/mol. The molecule has 0 N–H and O–H groups in total. The van der Waals surface area contributed by atoms with E-state index in [9.17, 15) is 4.39 Å². The van der Waals surface area contributed by atoms with Crippen LogP contribution in [-0.4, -0.2) is 0 Å². The van der Waals surface area contributed by atoms with Crippen molar-refractivity contribution in [1.29, 1.82) is 0 Å². The van der Waals surface area contributed by atoms with Crippen LogP contribution in [0.3, 0.4) is 0 Å². The summed E-state index contributed by atoms with van der Waals surface area (Å²) >= 11 is 0. The minimum atomic E-state index is -0.421. The van der Waals surface area contributed by atoms with E-state index < -0.39 is 5.82 Å². The van der Waals surface area contributed by atoms with Crippen molar-refractivity contribution >= 4 is 5.69 Å². The lowest BCUT2D eigenvalue weighted by atomic mass is 10.3. The van der Waals surface area contributed by atoms with Gasteiger partial charge in [-0.05, 0) is 24.3 Å². The van der Waals surface area contributed by atoms with Gasteiger partial charge in [0.2, 0.25) is 0 Å². The monoisotopic (exact) mass is 213 g/mol. The number of ether oxygens (including phenoxy) is 1. The van der Waals surface area contributed by atoms with Crippen molar-refractivity contribution in [2.24, 2.45) is 0 Å². The molecule has 2 rings (SSSR count). The molecule has 0 amide bonds. The smallest absolute Gasteiger partial charge is 0.190 e. The molecule has 0 aliphatic heterocycles. The topological polar surface area (TPSA) is 13.6 Å². The van der Waals surface area contributed by atoms with Crippen LogP contribution in [0.4, 0.5) is 10.1 Å². The maximum absolute atomic E-state index is 13.3. The summed E-state index contributed by atoms with van der Waals surface area (Å²) in [5.74, 6) is 0.193. The van der Waals surface area contributed by atoms with Gasteiger partial charge in [-0.1, -0.05) is 24.3 Å². The molecule has 0 bridgehead atoms. The van der Waals surface area contributed by atoms with Crippen molar-refractivity contribution in [2.45, 2.75) is 0 Å². The highest BCUT2D eigenvalue weighted by Gasteiger charge is 2.03. The molecule has 0 atom stereocenters. The molecule has 0 radical (unpaired) electrons. The van der Waals surface area contributed by atoms with E-state index >= 15 is 0 Å². The summed E-state index contributed by atoms with van der Waals surface area (Å²) in [4.78, 5) is 3.27. The van der Waals surface area contributed by atoms with Crippen LogP contribution < -0.4 is 4.74 Å². The molecule has 78 valence electrons. The molecule has 2 nitrogen and oxygen atoms in total. The Hall–Kier alpha value is -2.34. The number of para-hydroxylation sites is 1. The van der Waals surface area contributed by atoms with Gasteiger partial charge in [-0.3, -0.25) is 0 Å². The Bertz CT molecular complexity index is 546. The Kier molecular flexibility index (Phi) is 2.84. The van der Waals surface area contributed by atoms with Crippen LogP contribution in [-0.2, 0) is 0 Å². The quantitative estimate of drug-likeness (QED) is 0.682. The summed E-state index contributed by atoms with van der Waals surface area (Å²) in [7, 11) is 0. The van der Waals surface area contributed by atoms with Gasteiger partial charge >= 0.3 is 0 Å². The Morgan fingerprint density at radius 1 is 1.06 bits per heavy atom. The summed E-state index contributed by atoms with van der Waals surface area (Å²) in [6.07, 6.45) is 0. The van der Waals surface area contributed by atoms with Crippen LogP contribution in [0, 0.1) is 12.4 Å². The standard InChI is InChI=1S/C13H8FNO/c1-15-10-5-4-6-11(9-10)16-13-8-3-2-7-12(13)14/h2-9H. The molecular formula is C13H8FNO. The summed E-state index contributed by atoms with van der Waals surface area (Å²) in [5.41, 5.74) is 0.467. The van der Waals surface area contributed by atoms with Gasteiger partial charge in [0.25, 0.3) is 0 Å². The first-order valence-electron chi connectivity index (χ1n) is 4.69. The molecule has 2 aromatic rings. The highest BCUT2D eigenvalue weighted by Crippen LogP contribution is 2.26. The van der Waals surface area contributed by atoms with Gasteiger partial charge in [0.15, 0.2) is 17.3 Å². The first kappa shape index (κ1) is 10.2. The highest BCUT2D eigenvalue weighted by atomic mass is 19.1. The summed E-state index contributed by atoms with van der Waals surface area (Å²) in [6, 6.07) is 12.8. The second-order valence-electron chi connectivity index (χ2n) is 3.14. The zero-order valence-electron chi connectivity index (χ0n) is 8.35. The van der Waals surface area contributed by atoms with E-state index in [0.29, 0.717) is 11.4 Å². The predicted molar refractivity (Wildman–Crippen MR) is 59.2 cm³/mol. The molecule has 0 aliphatic carbocycles. The van der Waals surface area contributed by atoms with Gasteiger partial charge in [-0.25, -0.2) is 9.24 Å². The van der Waals surface area contributed by atoms with Crippen LogP contribution in [0.25, 0.3) is 4.85 Å². The van der Waals surface area contributed by atoms with E-state index in [4.69, 9.17) is 11.3 Å². The lowest BCUT2D eigenvalue weighted by Crippen LogP contribution is -1.86. The Labute approximate surface area is 92.7 Å². The van der Waals surface area contributed by atoms with E-state index in [1.807, 2.05) is 0 Å². The fourth-order valence-electron chi connectivity index (χ4n) is 1.27. The van der Waals surface area contributed by atoms with E-state index in [1.165, 1.54) is 6.07 Å². The molecule has 0 unspecified atom stereocenters. The molecule has 2 aromatic carbocycles. The summed E-state index contributed by atoms with van der Waals surface area (Å²) < 4.78 is 18.6. The van der Waals surface area contributed by atoms with Crippen LogP contribution in [0.2, 0.25) is 0 Å². The molecule has 0 heterocycles. The zero-order chi connectivity index (χ0) is 11.4. The molecular weight excluding hydrogens is 205 g/mol. The SMILES string of the molecule is [C-]#[N+]c1cccc(Oc2ccccc2F)c1. The molecule has 3 heteroatoms. The number of halogens is 1. The van der Waals surface area contributed by atoms with E-state index in [1.54, 1.807) is 42.5 Å². The number of hydrogen-bond donors (Lipinski definition) is 0. The molecule has 0 aliphatic rings. The van der Waals surface area contributed by atoms with Crippen LogP contribution in [0.1, 0.15) is 0 Å². The minimum absolute atomic E-state index is 0.157. The van der Waals surface area contributed by atoms with Crippen LogP contribution in [0.15, 0.2) is 48.5 Å². The maximum atomic E-state index is 13.3. The normalized spacial score (nSPS) is 9.50. The third-order valence-corrected chi connectivity index (χ3v) is 2.01. The van der Waals surface area contributed by atoms with Gasteiger partial charge in [-0.15, -0.1) is 0 Å². The first-order valence-corrected chi connectivity index (χ1v) is 4.69. The van der Waals surface area contributed by atoms with Gasteiger partial charge in [0.05, 0.1) is 6.57 Å². The molecule has 0 fully saturated rings. The summed E-state index contributed by atoms with van der Waals surface area (Å²) in [5, 5.41) is 0. The van der Waals surface area contributed by atoms with Crippen molar-refractivity contribution in [3.05, 3.63) is 65.8 Å². The Balaban J connectivity index is 2.28. The largest absolute Gasteiger partial charge is 0.456 e. The molecule has 0 aromatic heterocycles. The molecule has 0 saturated heterocycles. The number of rotatable bonds is 2. The number of nitrogens with zero attached hydrogens (tertiary/aromatic N) is 1. The second kappa shape index (κ2) is 4.45. The fraction of sp³-hybridized carbons (Fsp3) is 0. The lowest BCUT2D eigenvalue weighted by molar-refractivity contribution is 0.442. The number of hydrogen-bond acceptors (Lipinski definition) is 1. The van der Waals surface area contributed by atoms with Crippen LogP contribution in [0.5, 0.6) is 11.5 Å². The molecule has 0 saturated carbocycles. The summed E-state index contributed by atoms with van der Waals surface area (Å²) in [6.45, 7) is 6.86. The van der Waals surface area contributed by atoms with Gasteiger partial charge in [-0.2, -0.15) is 0 Å². The predicted octanol–water partition coefficient (Wildman–Crippen LogP) is 4.17. The van der Waals surface area contributed by atoms with Gasteiger partial charge in [0, 0.05) is 0 Å². The highest BCUT2D eigenvalue weighted by molar-refractivity contribution is 5.49. The van der Waals surface area contributed by atoms with Crippen molar-refractivity contribution in [2.75, 3.05) is 0 Å². The third kappa shape index (κ3) is 2.18. The van der Waals surface area contributed by atoms with Gasteiger partial charge in [0.1, 0.15) is 5.75 Å². The molecule has 16 heavy (non-hydrogen) atoms. The van der Waals surface area contributed by atoms with E-state index in [2.05, 4.69) is 4.85 Å². The molecule has 0 spiro atoms. The van der Waals surface area contributed by atoms with E-state index in [-0.39, 0.29) is 5.75 Å². The fourth-order valence-corrected chi connectivity index (χ4v) is 1.27. The van der Waals surface area contributed by atoms with Crippen molar-refractivity contribution in [1.82, 2.24) is 0 Å². The first-order chi connectivity index (χ1) is 7.79. The Morgan fingerprint density at radius 2 is 1.88 bits per heavy atom. The third-order valence-electron chi connectivity index (χ3n) is 2.01. The van der Waals surface area contributed by atoms with Crippen molar-refractivity contribution in [3.63, 3.8) is 0 Å². The van der Waals surface area contributed by atoms with E-state index in [0.717, 1.165) is 0 Å². The van der Waals surface area contributed by atoms with Crippen molar-refractivity contribution in [3.8, 4) is 11.5 Å².